The van der Waals surface area contributed by atoms with E-state index in [1.807, 2.05) is 55.5 Å². The van der Waals surface area contributed by atoms with Crippen LogP contribution in [0.1, 0.15) is 23.5 Å². The topological polar surface area (TPSA) is 46.2 Å². The van der Waals surface area contributed by atoms with Crippen LogP contribution in [0.3, 0.4) is 0 Å². The molecule has 1 fully saturated rings. The molecule has 0 aromatic heterocycles. The molecule has 1 N–H and O–H groups in total. The highest BCUT2D eigenvalue weighted by atomic mass is 127. The molecule has 1 aliphatic rings. The molecule has 1 saturated carbocycles. The van der Waals surface area contributed by atoms with Crippen molar-refractivity contribution in [3.8, 4) is 0 Å². The highest BCUT2D eigenvalue weighted by molar-refractivity contribution is 14.1. The fourth-order valence-corrected chi connectivity index (χ4v) is 3.29. The summed E-state index contributed by atoms with van der Waals surface area (Å²) in [4.78, 5) is 24.9. The number of para-hydroxylation sites is 1. The maximum atomic E-state index is 12.6. The molecule has 0 heterocycles. The van der Waals surface area contributed by atoms with Gasteiger partial charge in [-0.15, -0.1) is 0 Å². The number of halogens is 1. The van der Waals surface area contributed by atoms with E-state index in [4.69, 9.17) is 0 Å². The van der Waals surface area contributed by atoms with Gasteiger partial charge in [-0.1, -0.05) is 42.0 Å². The Hall–Kier alpha value is -1.69. The number of anilines is 1. The van der Waals surface area contributed by atoms with E-state index in [2.05, 4.69) is 27.9 Å². The molecular formula is C18H16INO2. The van der Waals surface area contributed by atoms with Gasteiger partial charge < -0.3 is 5.32 Å². The van der Waals surface area contributed by atoms with Crippen molar-refractivity contribution in [3.63, 3.8) is 0 Å². The Morgan fingerprint density at radius 3 is 2.41 bits per heavy atom. The predicted molar refractivity (Wildman–Crippen MR) is 95.1 cm³/mol. The normalized spacial score (nSPS) is 21.2. The lowest BCUT2D eigenvalue weighted by Crippen LogP contribution is -2.32. The van der Waals surface area contributed by atoms with Crippen molar-refractivity contribution in [2.75, 3.05) is 5.32 Å². The largest absolute Gasteiger partial charge is 0.368 e. The lowest BCUT2D eigenvalue weighted by Gasteiger charge is -2.14. The van der Waals surface area contributed by atoms with Gasteiger partial charge in [-0.2, -0.15) is 0 Å². The number of nitrogens with one attached hydrogen (secondary N) is 1. The summed E-state index contributed by atoms with van der Waals surface area (Å²) in [7, 11) is 0. The molecule has 112 valence electrons. The number of carbonyl (C=O) groups excluding carboxylic acids is 2. The Balaban J connectivity index is 1.83. The monoisotopic (exact) mass is 405 g/mol. The Bertz CT molecular complexity index is 724. The Morgan fingerprint density at radius 2 is 1.73 bits per heavy atom. The number of hydrogen-bond acceptors (Lipinski definition) is 3. The van der Waals surface area contributed by atoms with E-state index in [9.17, 15) is 9.59 Å². The van der Waals surface area contributed by atoms with Crippen molar-refractivity contribution in [1.82, 2.24) is 0 Å². The van der Waals surface area contributed by atoms with Crippen LogP contribution >= 0.6 is 22.6 Å². The summed E-state index contributed by atoms with van der Waals surface area (Å²) in [6.45, 7) is 2.01. The number of carbonyl (C=O) groups is 2. The number of hydrogen-bond donors (Lipinski definition) is 1. The van der Waals surface area contributed by atoms with Crippen LogP contribution in [0, 0.1) is 10.5 Å². The van der Waals surface area contributed by atoms with E-state index >= 15 is 0 Å². The van der Waals surface area contributed by atoms with E-state index in [1.165, 1.54) is 0 Å². The van der Waals surface area contributed by atoms with Crippen LogP contribution in [0.4, 0.5) is 5.69 Å². The van der Waals surface area contributed by atoms with Gasteiger partial charge >= 0.3 is 0 Å². The standard InChI is InChI=1S/C18H16INO2/c1-11-6-8-12(9-7-11)13-10-16(21)17(18(13)22)20-15-5-3-2-4-14(15)19/h2-9,13,17,20H,10H2,1H3/t13-,17+/m1/s1. The summed E-state index contributed by atoms with van der Waals surface area (Å²) in [5.74, 6) is -0.393. The third kappa shape index (κ3) is 2.92. The summed E-state index contributed by atoms with van der Waals surface area (Å²) >= 11 is 2.20. The molecule has 2 aromatic rings. The second kappa shape index (κ2) is 6.20. The minimum atomic E-state index is -0.734. The zero-order valence-corrected chi connectivity index (χ0v) is 14.3. The minimum absolute atomic E-state index is 0.0322. The summed E-state index contributed by atoms with van der Waals surface area (Å²) in [5.41, 5.74) is 2.91. The third-order valence-electron chi connectivity index (χ3n) is 4.01. The van der Waals surface area contributed by atoms with Crippen LogP contribution in [0.25, 0.3) is 0 Å². The number of aryl methyl sites for hydroxylation is 1. The average molecular weight is 405 g/mol. The second-order valence-corrected chi connectivity index (χ2v) is 6.76. The summed E-state index contributed by atoms with van der Waals surface area (Å²) in [6.07, 6.45) is 0.281. The van der Waals surface area contributed by atoms with Crippen molar-refractivity contribution in [3.05, 3.63) is 63.2 Å². The molecular weight excluding hydrogens is 389 g/mol. The molecule has 2 aromatic carbocycles. The molecule has 22 heavy (non-hydrogen) atoms. The van der Waals surface area contributed by atoms with Gasteiger partial charge in [-0.25, -0.2) is 0 Å². The molecule has 0 radical (unpaired) electrons. The maximum Gasteiger partial charge on any atom is 0.170 e. The highest BCUT2D eigenvalue weighted by Gasteiger charge is 2.41. The molecule has 0 unspecified atom stereocenters. The molecule has 3 nitrogen and oxygen atoms in total. The summed E-state index contributed by atoms with van der Waals surface area (Å²) in [5, 5.41) is 3.11. The van der Waals surface area contributed by atoms with Crippen LogP contribution in [-0.2, 0) is 9.59 Å². The minimum Gasteiger partial charge on any atom is -0.368 e. The molecule has 0 saturated heterocycles. The lowest BCUT2D eigenvalue weighted by molar-refractivity contribution is -0.123. The Kier molecular flexibility index (Phi) is 4.29. The van der Waals surface area contributed by atoms with Crippen molar-refractivity contribution < 1.29 is 9.59 Å². The average Bonchev–Trinajstić information content (AvgIpc) is 2.78. The summed E-state index contributed by atoms with van der Waals surface area (Å²) < 4.78 is 1.000. The molecule has 2 atom stereocenters. The van der Waals surface area contributed by atoms with E-state index in [0.717, 1.165) is 20.4 Å². The van der Waals surface area contributed by atoms with Gasteiger partial charge in [0.15, 0.2) is 11.6 Å². The number of ketones is 2. The highest BCUT2D eigenvalue weighted by Crippen LogP contribution is 2.31. The number of Topliss-reactive ketones (excluding diaryl/α,β-unsaturated/α-hetero) is 2. The molecule has 0 bridgehead atoms. The van der Waals surface area contributed by atoms with Gasteiger partial charge in [0, 0.05) is 15.7 Å². The SMILES string of the molecule is Cc1ccc([C@H]2CC(=O)[C@H](Nc3ccccc3I)C2=O)cc1. The lowest BCUT2D eigenvalue weighted by atomic mass is 9.95. The Morgan fingerprint density at radius 1 is 1.05 bits per heavy atom. The predicted octanol–water partition coefficient (Wildman–Crippen LogP) is 3.71. The first kappa shape index (κ1) is 15.2. The Labute approximate surface area is 143 Å². The third-order valence-corrected chi connectivity index (χ3v) is 4.95. The first-order valence-electron chi connectivity index (χ1n) is 7.20. The summed E-state index contributed by atoms with van der Waals surface area (Å²) in [6, 6.07) is 14.8. The van der Waals surface area contributed by atoms with Gasteiger partial charge in [-0.05, 0) is 47.2 Å². The molecule has 4 heteroatoms. The van der Waals surface area contributed by atoms with Gasteiger partial charge in [0.05, 0.1) is 5.92 Å². The van der Waals surface area contributed by atoms with Gasteiger partial charge in [0.25, 0.3) is 0 Å². The van der Waals surface area contributed by atoms with E-state index in [1.54, 1.807) is 0 Å². The molecule has 3 rings (SSSR count). The fourth-order valence-electron chi connectivity index (χ4n) is 2.75. The van der Waals surface area contributed by atoms with E-state index < -0.39 is 6.04 Å². The molecule has 0 spiro atoms. The van der Waals surface area contributed by atoms with Crippen molar-refractivity contribution >= 4 is 39.8 Å². The number of rotatable bonds is 3. The van der Waals surface area contributed by atoms with Crippen LogP contribution < -0.4 is 5.32 Å². The second-order valence-electron chi connectivity index (χ2n) is 5.59. The fraction of sp³-hybridized carbons (Fsp3) is 0.222. The van der Waals surface area contributed by atoms with Crippen LogP contribution in [0.15, 0.2) is 48.5 Å². The van der Waals surface area contributed by atoms with Crippen molar-refractivity contribution in [1.29, 1.82) is 0 Å². The van der Waals surface area contributed by atoms with Crippen LogP contribution in [-0.4, -0.2) is 17.6 Å². The van der Waals surface area contributed by atoms with Crippen molar-refractivity contribution in [2.24, 2.45) is 0 Å². The first-order valence-corrected chi connectivity index (χ1v) is 8.28. The zero-order valence-electron chi connectivity index (χ0n) is 12.2. The molecule has 0 aliphatic heterocycles. The molecule has 0 amide bonds. The van der Waals surface area contributed by atoms with Crippen LogP contribution in [0.2, 0.25) is 0 Å². The van der Waals surface area contributed by atoms with E-state index in [0.29, 0.717) is 0 Å². The zero-order chi connectivity index (χ0) is 15.7. The first-order chi connectivity index (χ1) is 10.6. The van der Waals surface area contributed by atoms with Gasteiger partial charge in [-0.3, -0.25) is 9.59 Å². The molecule has 1 aliphatic carbocycles. The number of benzene rings is 2. The quantitative estimate of drug-likeness (QED) is 0.626. The van der Waals surface area contributed by atoms with Crippen LogP contribution in [0.5, 0.6) is 0 Å². The van der Waals surface area contributed by atoms with Crippen molar-refractivity contribution in [2.45, 2.75) is 25.3 Å². The van der Waals surface area contributed by atoms with Gasteiger partial charge in [0.2, 0.25) is 0 Å². The maximum absolute atomic E-state index is 12.6. The van der Waals surface area contributed by atoms with E-state index in [-0.39, 0.29) is 23.9 Å². The smallest absolute Gasteiger partial charge is 0.170 e. The van der Waals surface area contributed by atoms with Gasteiger partial charge in [0.1, 0.15) is 6.04 Å².